The number of benzene rings is 2. The number of carbonyl (C=O) groups excluding carboxylic acids is 2. The fraction of sp³-hybridized carbons (Fsp3) is 0.391. The van der Waals surface area contributed by atoms with E-state index in [4.69, 9.17) is 11.6 Å². The molecule has 32 heavy (non-hydrogen) atoms. The van der Waals surface area contributed by atoms with E-state index in [-0.39, 0.29) is 34.2 Å². The lowest BCUT2D eigenvalue weighted by Gasteiger charge is -2.32. The van der Waals surface area contributed by atoms with Gasteiger partial charge in [0.15, 0.2) is 0 Å². The highest BCUT2D eigenvalue weighted by Crippen LogP contribution is 2.33. The predicted molar refractivity (Wildman–Crippen MR) is 124 cm³/mol. The molecule has 2 aliphatic rings. The molecular formula is C23H26ClN3O4S. The molecule has 9 heteroatoms. The van der Waals surface area contributed by atoms with Crippen molar-refractivity contribution >= 4 is 44.8 Å². The molecule has 1 aliphatic carbocycles. The third kappa shape index (κ3) is 5.07. The SMILES string of the molecule is Cc1ccc(NC(=O)C2CCCN(C(=O)C3CC3)C2)cc1S(=O)(=O)Nc1ccccc1Cl. The van der Waals surface area contributed by atoms with Gasteiger partial charge >= 0.3 is 0 Å². The number of nitrogens with one attached hydrogen (secondary N) is 2. The third-order valence-electron chi connectivity index (χ3n) is 5.89. The molecule has 2 N–H and O–H groups in total. The minimum absolute atomic E-state index is 0.0596. The fourth-order valence-electron chi connectivity index (χ4n) is 3.94. The number of nitrogens with zero attached hydrogens (tertiary/aromatic N) is 1. The number of halogens is 1. The molecule has 1 atom stereocenters. The second-order valence-corrected chi connectivity index (χ2v) is 10.5. The summed E-state index contributed by atoms with van der Waals surface area (Å²) in [6.07, 6.45) is 3.36. The summed E-state index contributed by atoms with van der Waals surface area (Å²) >= 11 is 6.09. The summed E-state index contributed by atoms with van der Waals surface area (Å²) in [6, 6.07) is 11.4. The van der Waals surface area contributed by atoms with Gasteiger partial charge in [-0.3, -0.25) is 14.3 Å². The zero-order chi connectivity index (χ0) is 22.9. The lowest BCUT2D eigenvalue weighted by molar-refractivity contribution is -0.135. The number of hydrogen-bond acceptors (Lipinski definition) is 4. The van der Waals surface area contributed by atoms with Crippen LogP contribution in [0.25, 0.3) is 0 Å². The summed E-state index contributed by atoms with van der Waals surface area (Å²) in [7, 11) is -3.91. The number of hydrogen-bond donors (Lipinski definition) is 2. The van der Waals surface area contributed by atoms with E-state index in [1.54, 1.807) is 48.2 Å². The second kappa shape index (κ2) is 9.11. The molecule has 0 aromatic heterocycles. The Bertz CT molecular complexity index is 1150. The number of anilines is 2. The first-order chi connectivity index (χ1) is 15.2. The molecule has 0 bridgehead atoms. The summed E-state index contributed by atoms with van der Waals surface area (Å²) in [6.45, 7) is 2.79. The summed E-state index contributed by atoms with van der Waals surface area (Å²) in [5.41, 5.74) is 1.22. The van der Waals surface area contributed by atoms with Crippen molar-refractivity contribution in [3.8, 4) is 0 Å². The number of rotatable bonds is 6. The van der Waals surface area contributed by atoms with Gasteiger partial charge in [0.1, 0.15) is 0 Å². The molecule has 1 heterocycles. The normalized spacial score (nSPS) is 18.8. The Morgan fingerprint density at radius 3 is 2.53 bits per heavy atom. The number of piperidine rings is 1. The van der Waals surface area contributed by atoms with Gasteiger partial charge in [-0.05, 0) is 62.4 Å². The van der Waals surface area contributed by atoms with E-state index in [1.807, 2.05) is 0 Å². The molecule has 1 aliphatic heterocycles. The van der Waals surface area contributed by atoms with E-state index >= 15 is 0 Å². The quantitative estimate of drug-likeness (QED) is 0.659. The molecular weight excluding hydrogens is 450 g/mol. The fourth-order valence-corrected chi connectivity index (χ4v) is 5.53. The molecule has 0 spiro atoms. The van der Waals surface area contributed by atoms with Gasteiger partial charge in [-0.25, -0.2) is 8.42 Å². The van der Waals surface area contributed by atoms with E-state index in [1.165, 1.54) is 6.07 Å². The van der Waals surface area contributed by atoms with Crippen LogP contribution in [0.5, 0.6) is 0 Å². The Kier molecular flexibility index (Phi) is 6.44. The minimum atomic E-state index is -3.91. The highest BCUT2D eigenvalue weighted by Gasteiger charge is 2.36. The average Bonchev–Trinajstić information content (AvgIpc) is 3.61. The van der Waals surface area contributed by atoms with Crippen LogP contribution in [0.4, 0.5) is 11.4 Å². The van der Waals surface area contributed by atoms with Crippen LogP contribution in [0.15, 0.2) is 47.4 Å². The van der Waals surface area contributed by atoms with Crippen LogP contribution < -0.4 is 10.0 Å². The number of likely N-dealkylation sites (tertiary alicyclic amines) is 1. The zero-order valence-corrected chi connectivity index (χ0v) is 19.4. The molecule has 2 aromatic carbocycles. The Hall–Kier alpha value is -2.58. The van der Waals surface area contributed by atoms with E-state index in [0.29, 0.717) is 35.8 Å². The van der Waals surface area contributed by atoms with Gasteiger partial charge in [0.2, 0.25) is 11.8 Å². The molecule has 1 unspecified atom stereocenters. The van der Waals surface area contributed by atoms with Crippen molar-refractivity contribution in [1.82, 2.24) is 4.90 Å². The Balaban J connectivity index is 1.48. The maximum absolute atomic E-state index is 13.0. The highest BCUT2D eigenvalue weighted by atomic mass is 35.5. The monoisotopic (exact) mass is 475 g/mol. The van der Waals surface area contributed by atoms with Gasteiger partial charge in [-0.15, -0.1) is 0 Å². The topological polar surface area (TPSA) is 95.6 Å². The molecule has 7 nitrogen and oxygen atoms in total. The standard InChI is InChI=1S/C23H26ClN3O4S/c1-15-8-11-18(13-21(15)32(30,31)26-20-7-3-2-6-19(20)24)25-22(28)17-5-4-12-27(14-17)23(29)16-9-10-16/h2-3,6-8,11,13,16-17,26H,4-5,9-10,12,14H2,1H3,(H,25,28). The lowest BCUT2D eigenvalue weighted by Crippen LogP contribution is -2.44. The van der Waals surface area contributed by atoms with Crippen LogP contribution in [0.1, 0.15) is 31.2 Å². The molecule has 2 aromatic rings. The van der Waals surface area contributed by atoms with Crippen LogP contribution in [-0.2, 0) is 19.6 Å². The molecule has 1 saturated carbocycles. The van der Waals surface area contributed by atoms with Gasteiger partial charge < -0.3 is 10.2 Å². The van der Waals surface area contributed by atoms with Crippen molar-refractivity contribution in [1.29, 1.82) is 0 Å². The number of amides is 2. The molecule has 0 radical (unpaired) electrons. The maximum atomic E-state index is 13.0. The predicted octanol–water partition coefficient (Wildman–Crippen LogP) is 4.04. The number of carbonyl (C=O) groups is 2. The van der Waals surface area contributed by atoms with E-state index < -0.39 is 10.0 Å². The summed E-state index contributed by atoms with van der Waals surface area (Å²) in [4.78, 5) is 27.1. The van der Waals surface area contributed by atoms with Crippen LogP contribution in [0, 0.1) is 18.8 Å². The zero-order valence-electron chi connectivity index (χ0n) is 17.8. The number of sulfonamides is 1. The number of para-hydroxylation sites is 1. The van der Waals surface area contributed by atoms with Crippen molar-refractivity contribution in [3.05, 3.63) is 53.1 Å². The lowest BCUT2D eigenvalue weighted by atomic mass is 9.96. The summed E-state index contributed by atoms with van der Waals surface area (Å²) in [5, 5.41) is 3.13. The number of aryl methyl sites for hydroxylation is 1. The smallest absolute Gasteiger partial charge is 0.262 e. The van der Waals surface area contributed by atoms with E-state index in [9.17, 15) is 18.0 Å². The molecule has 170 valence electrons. The minimum Gasteiger partial charge on any atom is -0.342 e. The van der Waals surface area contributed by atoms with Crippen LogP contribution >= 0.6 is 11.6 Å². The average molecular weight is 476 g/mol. The molecule has 1 saturated heterocycles. The van der Waals surface area contributed by atoms with Gasteiger partial charge in [-0.2, -0.15) is 0 Å². The van der Waals surface area contributed by atoms with Gasteiger partial charge in [0.05, 0.1) is 21.5 Å². The molecule has 4 rings (SSSR count). The Morgan fingerprint density at radius 2 is 1.81 bits per heavy atom. The molecule has 2 fully saturated rings. The van der Waals surface area contributed by atoms with Crippen LogP contribution in [0.2, 0.25) is 5.02 Å². The van der Waals surface area contributed by atoms with Crippen LogP contribution in [-0.4, -0.2) is 38.2 Å². The Labute approximate surface area is 193 Å². The Morgan fingerprint density at radius 1 is 1.06 bits per heavy atom. The van der Waals surface area contributed by atoms with E-state index in [0.717, 1.165) is 19.3 Å². The summed E-state index contributed by atoms with van der Waals surface area (Å²) < 4.78 is 28.5. The first kappa shape index (κ1) is 22.6. The molecule has 2 amide bonds. The second-order valence-electron chi connectivity index (χ2n) is 8.45. The third-order valence-corrected chi connectivity index (χ3v) is 7.73. The van der Waals surface area contributed by atoms with Gasteiger partial charge in [0, 0.05) is 24.7 Å². The highest BCUT2D eigenvalue weighted by molar-refractivity contribution is 7.92. The van der Waals surface area contributed by atoms with E-state index in [2.05, 4.69) is 10.0 Å². The van der Waals surface area contributed by atoms with Crippen molar-refractivity contribution in [2.45, 2.75) is 37.5 Å². The van der Waals surface area contributed by atoms with Crippen molar-refractivity contribution < 1.29 is 18.0 Å². The van der Waals surface area contributed by atoms with Crippen molar-refractivity contribution in [2.24, 2.45) is 11.8 Å². The largest absolute Gasteiger partial charge is 0.342 e. The summed E-state index contributed by atoms with van der Waals surface area (Å²) in [5.74, 6) is -0.234. The van der Waals surface area contributed by atoms with Gasteiger partial charge in [0.25, 0.3) is 10.0 Å². The van der Waals surface area contributed by atoms with Crippen molar-refractivity contribution in [2.75, 3.05) is 23.1 Å². The first-order valence-corrected chi connectivity index (χ1v) is 12.6. The maximum Gasteiger partial charge on any atom is 0.262 e. The van der Waals surface area contributed by atoms with Crippen LogP contribution in [0.3, 0.4) is 0 Å². The van der Waals surface area contributed by atoms with Crippen molar-refractivity contribution in [3.63, 3.8) is 0 Å². The van der Waals surface area contributed by atoms with Gasteiger partial charge in [-0.1, -0.05) is 29.8 Å². The first-order valence-electron chi connectivity index (χ1n) is 10.7.